The number of aromatic nitrogens is 2. The number of nitrogens with zero attached hydrogens (tertiary/aromatic N) is 2. The number of hydrogen-bond acceptors (Lipinski definition) is 3. The Kier molecular flexibility index (Phi) is 1.52. The van der Waals surface area contributed by atoms with Crippen LogP contribution in [0.25, 0.3) is 5.52 Å². The van der Waals surface area contributed by atoms with Gasteiger partial charge in [0.25, 0.3) is 0 Å². The lowest BCUT2D eigenvalue weighted by molar-refractivity contribution is 0.429. The highest BCUT2D eigenvalue weighted by atomic mass is 15.1. The highest BCUT2D eigenvalue weighted by Crippen LogP contribution is 2.22. The van der Waals surface area contributed by atoms with Crippen molar-refractivity contribution in [1.82, 2.24) is 14.7 Å². The second-order valence-corrected chi connectivity index (χ2v) is 3.68. The molecule has 1 saturated heterocycles. The van der Waals surface area contributed by atoms with Gasteiger partial charge in [-0.05, 0) is 12.1 Å². The first-order valence-corrected chi connectivity index (χ1v) is 4.79. The van der Waals surface area contributed by atoms with Gasteiger partial charge in [0.15, 0.2) is 0 Å². The van der Waals surface area contributed by atoms with E-state index in [0.29, 0.717) is 5.92 Å². The molecule has 0 atom stereocenters. The number of nitrogen functional groups attached to an aromatic ring is 1. The SMILES string of the molecule is Nc1cccc2cnc(C3CNC3)n12. The molecule has 72 valence electrons. The molecule has 4 heteroatoms. The first-order valence-electron chi connectivity index (χ1n) is 4.79. The van der Waals surface area contributed by atoms with Gasteiger partial charge in [-0.2, -0.15) is 0 Å². The van der Waals surface area contributed by atoms with Crippen LogP contribution in [0, 0.1) is 0 Å². The van der Waals surface area contributed by atoms with Crippen LogP contribution in [0.2, 0.25) is 0 Å². The fourth-order valence-corrected chi connectivity index (χ4v) is 1.86. The first-order chi connectivity index (χ1) is 6.86. The first kappa shape index (κ1) is 7.82. The molecule has 0 aromatic carbocycles. The summed E-state index contributed by atoms with van der Waals surface area (Å²) in [6.07, 6.45) is 1.88. The Balaban J connectivity index is 2.23. The van der Waals surface area contributed by atoms with Crippen molar-refractivity contribution < 1.29 is 0 Å². The van der Waals surface area contributed by atoms with Crippen LogP contribution in [-0.2, 0) is 0 Å². The zero-order valence-electron chi connectivity index (χ0n) is 7.77. The molecule has 0 bridgehead atoms. The molecule has 1 aliphatic rings. The van der Waals surface area contributed by atoms with Crippen molar-refractivity contribution >= 4 is 11.3 Å². The van der Waals surface area contributed by atoms with Gasteiger partial charge in [-0.25, -0.2) is 4.98 Å². The molecule has 3 N–H and O–H groups in total. The molecule has 3 rings (SSSR count). The van der Waals surface area contributed by atoms with Crippen LogP contribution in [-0.4, -0.2) is 22.5 Å². The maximum absolute atomic E-state index is 5.92. The average molecular weight is 188 g/mol. The lowest BCUT2D eigenvalue weighted by atomic mass is 10.0. The van der Waals surface area contributed by atoms with E-state index < -0.39 is 0 Å². The van der Waals surface area contributed by atoms with E-state index in [4.69, 9.17) is 5.73 Å². The second kappa shape index (κ2) is 2.72. The van der Waals surface area contributed by atoms with Gasteiger partial charge in [0, 0.05) is 19.0 Å². The third-order valence-corrected chi connectivity index (χ3v) is 2.76. The third-order valence-electron chi connectivity index (χ3n) is 2.76. The van der Waals surface area contributed by atoms with E-state index in [1.807, 2.05) is 28.8 Å². The number of hydrogen-bond donors (Lipinski definition) is 2. The highest BCUT2D eigenvalue weighted by Gasteiger charge is 2.23. The molecule has 2 aromatic rings. The van der Waals surface area contributed by atoms with Gasteiger partial charge >= 0.3 is 0 Å². The Bertz CT molecular complexity index is 470. The van der Waals surface area contributed by atoms with Crippen molar-refractivity contribution in [2.45, 2.75) is 5.92 Å². The molecule has 2 aromatic heterocycles. The molecular formula is C10H12N4. The summed E-state index contributed by atoms with van der Waals surface area (Å²) in [4.78, 5) is 4.42. The van der Waals surface area contributed by atoms with Crippen molar-refractivity contribution in [3.05, 3.63) is 30.2 Å². The topological polar surface area (TPSA) is 55.3 Å². The minimum atomic E-state index is 0.516. The van der Waals surface area contributed by atoms with E-state index >= 15 is 0 Å². The normalized spacial score (nSPS) is 17.1. The molecule has 0 unspecified atom stereocenters. The fourth-order valence-electron chi connectivity index (χ4n) is 1.86. The van der Waals surface area contributed by atoms with E-state index in [2.05, 4.69) is 10.3 Å². The zero-order chi connectivity index (χ0) is 9.54. The highest BCUT2D eigenvalue weighted by molar-refractivity contribution is 5.53. The van der Waals surface area contributed by atoms with E-state index in [-0.39, 0.29) is 0 Å². The van der Waals surface area contributed by atoms with Gasteiger partial charge in [0.2, 0.25) is 0 Å². The third kappa shape index (κ3) is 0.943. The Hall–Kier alpha value is -1.55. The summed E-state index contributed by atoms with van der Waals surface area (Å²) in [5, 5.41) is 3.24. The lowest BCUT2D eigenvalue weighted by Crippen LogP contribution is -2.41. The van der Waals surface area contributed by atoms with E-state index in [9.17, 15) is 0 Å². The van der Waals surface area contributed by atoms with Crippen LogP contribution in [0.1, 0.15) is 11.7 Å². The Labute approximate surface area is 81.7 Å². The van der Waals surface area contributed by atoms with E-state index in [1.165, 1.54) is 0 Å². The maximum atomic E-state index is 5.92. The molecule has 4 nitrogen and oxygen atoms in total. The summed E-state index contributed by atoms with van der Waals surface area (Å²) in [6, 6.07) is 5.89. The molecule has 0 aliphatic carbocycles. The number of imidazole rings is 1. The number of pyridine rings is 1. The molecule has 1 aliphatic heterocycles. The Morgan fingerprint density at radius 3 is 3.00 bits per heavy atom. The van der Waals surface area contributed by atoms with E-state index in [0.717, 1.165) is 30.2 Å². The van der Waals surface area contributed by atoms with E-state index in [1.54, 1.807) is 0 Å². The van der Waals surface area contributed by atoms with Crippen molar-refractivity contribution in [1.29, 1.82) is 0 Å². The molecule has 1 fully saturated rings. The summed E-state index contributed by atoms with van der Waals surface area (Å²) in [5.74, 6) is 2.36. The van der Waals surface area contributed by atoms with Crippen molar-refractivity contribution in [2.75, 3.05) is 18.8 Å². The van der Waals surface area contributed by atoms with Gasteiger partial charge in [-0.1, -0.05) is 6.07 Å². The maximum Gasteiger partial charge on any atom is 0.120 e. The van der Waals surface area contributed by atoms with Gasteiger partial charge in [-0.3, -0.25) is 4.40 Å². The predicted octanol–water partition coefficient (Wildman–Crippen LogP) is 0.603. The van der Waals surface area contributed by atoms with Crippen LogP contribution in [0.15, 0.2) is 24.4 Å². The molecule has 0 radical (unpaired) electrons. The van der Waals surface area contributed by atoms with Crippen LogP contribution in [0.4, 0.5) is 5.82 Å². The van der Waals surface area contributed by atoms with Crippen LogP contribution < -0.4 is 11.1 Å². The quantitative estimate of drug-likeness (QED) is 0.689. The lowest BCUT2D eigenvalue weighted by Gasteiger charge is -2.26. The number of rotatable bonds is 1. The number of anilines is 1. The van der Waals surface area contributed by atoms with Gasteiger partial charge in [0.1, 0.15) is 11.6 Å². The summed E-state index contributed by atoms with van der Waals surface area (Å²) in [5.41, 5.74) is 7.00. The Morgan fingerprint density at radius 2 is 2.29 bits per heavy atom. The summed E-state index contributed by atoms with van der Waals surface area (Å²) in [6.45, 7) is 2.01. The van der Waals surface area contributed by atoms with Gasteiger partial charge in [-0.15, -0.1) is 0 Å². The monoisotopic (exact) mass is 188 g/mol. The average Bonchev–Trinajstić information content (AvgIpc) is 2.47. The number of fused-ring (bicyclic) bond motifs is 1. The molecule has 0 saturated carbocycles. The van der Waals surface area contributed by atoms with Crippen molar-refractivity contribution in [2.24, 2.45) is 0 Å². The standard InChI is InChI=1S/C10H12N4/c11-9-3-1-2-8-6-13-10(14(8)9)7-4-12-5-7/h1-3,6-7,12H,4-5,11H2. The van der Waals surface area contributed by atoms with Crippen molar-refractivity contribution in [3.63, 3.8) is 0 Å². The molecule has 14 heavy (non-hydrogen) atoms. The van der Waals surface area contributed by atoms with Crippen LogP contribution >= 0.6 is 0 Å². The predicted molar refractivity (Wildman–Crippen MR) is 55.2 cm³/mol. The van der Waals surface area contributed by atoms with Crippen LogP contribution in [0.5, 0.6) is 0 Å². The van der Waals surface area contributed by atoms with Gasteiger partial charge < -0.3 is 11.1 Å². The molecule has 0 amide bonds. The summed E-state index contributed by atoms with van der Waals surface area (Å²) < 4.78 is 2.03. The summed E-state index contributed by atoms with van der Waals surface area (Å²) in [7, 11) is 0. The zero-order valence-corrected chi connectivity index (χ0v) is 7.77. The minimum absolute atomic E-state index is 0.516. The van der Waals surface area contributed by atoms with Crippen LogP contribution in [0.3, 0.4) is 0 Å². The molecule has 0 spiro atoms. The number of nitrogens with one attached hydrogen (secondary N) is 1. The largest absolute Gasteiger partial charge is 0.385 e. The van der Waals surface area contributed by atoms with Gasteiger partial charge in [0.05, 0.1) is 11.7 Å². The minimum Gasteiger partial charge on any atom is -0.385 e. The molecule has 3 heterocycles. The second-order valence-electron chi connectivity index (χ2n) is 3.68. The fraction of sp³-hybridized carbons (Fsp3) is 0.300. The van der Waals surface area contributed by atoms with Crippen molar-refractivity contribution in [3.8, 4) is 0 Å². The smallest absolute Gasteiger partial charge is 0.120 e. The number of nitrogens with two attached hydrogens (primary N) is 1. The Morgan fingerprint density at radius 1 is 1.43 bits per heavy atom. The molecular weight excluding hydrogens is 176 g/mol. The summed E-state index contributed by atoms with van der Waals surface area (Å²) >= 11 is 0.